The largest absolute Gasteiger partial charge is 0.744 e. The molecule has 0 aliphatic carbocycles. The molecular formula is C12H23O3S-. The predicted octanol–water partition coefficient (Wildman–Crippen LogP) is 3.58. The fourth-order valence-electron chi connectivity index (χ4n) is 1.54. The predicted molar refractivity (Wildman–Crippen MR) is 66.1 cm³/mol. The Labute approximate surface area is 99.7 Å². The summed E-state index contributed by atoms with van der Waals surface area (Å²) in [7, 11) is -4.22. The Morgan fingerprint density at radius 3 is 2.12 bits per heavy atom. The minimum atomic E-state index is -4.22. The molecule has 0 heterocycles. The summed E-state index contributed by atoms with van der Waals surface area (Å²) in [4.78, 5) is 0.0945. The van der Waals surface area contributed by atoms with E-state index >= 15 is 0 Å². The van der Waals surface area contributed by atoms with Gasteiger partial charge in [0, 0.05) is 4.91 Å². The van der Waals surface area contributed by atoms with Crippen LogP contribution in [-0.2, 0) is 10.1 Å². The second-order valence-corrected chi connectivity index (χ2v) is 5.51. The van der Waals surface area contributed by atoms with Crippen LogP contribution in [0.4, 0.5) is 0 Å². The maximum absolute atomic E-state index is 11.0. The van der Waals surface area contributed by atoms with Gasteiger partial charge in [-0.05, 0) is 25.7 Å². The van der Waals surface area contributed by atoms with Crippen LogP contribution in [0.15, 0.2) is 11.0 Å². The van der Waals surface area contributed by atoms with Crippen molar-refractivity contribution in [3.05, 3.63) is 11.0 Å². The molecule has 0 aromatic carbocycles. The molecule has 0 amide bonds. The third kappa shape index (κ3) is 7.88. The fraction of sp³-hybridized carbons (Fsp3) is 0.833. The molecule has 4 heteroatoms. The standard InChI is InChI=1S/C12H24O3S/c1-3-5-7-9-11-12(16(13,14)15)10-8-6-4-2/h11H,3-10H2,1-2H3,(H,13,14,15)/p-1/b12-11+. The van der Waals surface area contributed by atoms with Crippen LogP contribution in [0.3, 0.4) is 0 Å². The monoisotopic (exact) mass is 247 g/mol. The van der Waals surface area contributed by atoms with Crippen LogP contribution in [0.2, 0.25) is 0 Å². The molecule has 16 heavy (non-hydrogen) atoms. The zero-order valence-corrected chi connectivity index (χ0v) is 11.2. The van der Waals surface area contributed by atoms with E-state index in [0.29, 0.717) is 12.8 Å². The van der Waals surface area contributed by atoms with Crippen molar-refractivity contribution in [2.24, 2.45) is 0 Å². The Bertz CT molecular complexity index is 291. The van der Waals surface area contributed by atoms with Gasteiger partial charge in [0.15, 0.2) is 0 Å². The van der Waals surface area contributed by atoms with E-state index in [0.717, 1.165) is 38.5 Å². The van der Waals surface area contributed by atoms with Crippen LogP contribution in [0.5, 0.6) is 0 Å². The molecule has 0 bridgehead atoms. The number of rotatable bonds is 9. The van der Waals surface area contributed by atoms with E-state index < -0.39 is 10.1 Å². The first kappa shape index (κ1) is 15.7. The summed E-state index contributed by atoms with van der Waals surface area (Å²) in [5.41, 5.74) is 0. The van der Waals surface area contributed by atoms with Crippen molar-refractivity contribution in [2.75, 3.05) is 0 Å². The second-order valence-electron chi connectivity index (χ2n) is 4.08. The van der Waals surface area contributed by atoms with E-state index in [9.17, 15) is 13.0 Å². The van der Waals surface area contributed by atoms with Gasteiger partial charge in [-0.25, -0.2) is 8.42 Å². The number of hydrogen-bond donors (Lipinski definition) is 0. The van der Waals surface area contributed by atoms with Gasteiger partial charge in [0.05, 0.1) is 0 Å². The summed E-state index contributed by atoms with van der Waals surface area (Å²) in [6.07, 6.45) is 8.67. The summed E-state index contributed by atoms with van der Waals surface area (Å²) >= 11 is 0. The molecule has 0 unspecified atom stereocenters. The maximum Gasteiger partial charge on any atom is 0.120 e. The van der Waals surface area contributed by atoms with Crippen molar-refractivity contribution < 1.29 is 13.0 Å². The van der Waals surface area contributed by atoms with E-state index in [1.54, 1.807) is 6.08 Å². The first-order valence-corrected chi connectivity index (χ1v) is 7.58. The molecule has 0 fully saturated rings. The summed E-state index contributed by atoms with van der Waals surface area (Å²) in [6, 6.07) is 0. The van der Waals surface area contributed by atoms with Crippen molar-refractivity contribution in [3.63, 3.8) is 0 Å². The molecule has 0 radical (unpaired) electrons. The van der Waals surface area contributed by atoms with Crippen LogP contribution in [-0.4, -0.2) is 13.0 Å². The molecule has 0 rings (SSSR count). The molecule has 3 nitrogen and oxygen atoms in total. The lowest BCUT2D eigenvalue weighted by molar-refractivity contribution is 0.467. The Kier molecular flexibility index (Phi) is 8.57. The second kappa shape index (κ2) is 8.76. The van der Waals surface area contributed by atoms with Gasteiger partial charge < -0.3 is 4.55 Å². The minimum Gasteiger partial charge on any atom is -0.744 e. The third-order valence-corrected chi connectivity index (χ3v) is 3.54. The normalized spacial score (nSPS) is 13.1. The van der Waals surface area contributed by atoms with Crippen LogP contribution < -0.4 is 0 Å². The van der Waals surface area contributed by atoms with E-state index in [-0.39, 0.29) is 4.91 Å². The summed E-state index contributed by atoms with van der Waals surface area (Å²) < 4.78 is 32.9. The summed E-state index contributed by atoms with van der Waals surface area (Å²) in [5.74, 6) is 0. The van der Waals surface area contributed by atoms with Gasteiger partial charge in [0.25, 0.3) is 0 Å². The van der Waals surface area contributed by atoms with Crippen LogP contribution in [0.1, 0.15) is 65.2 Å². The van der Waals surface area contributed by atoms with Gasteiger partial charge >= 0.3 is 0 Å². The SMILES string of the molecule is CCCCC/C=C(\CCCCC)S(=O)(=O)[O-]. The highest BCUT2D eigenvalue weighted by Crippen LogP contribution is 2.16. The van der Waals surface area contributed by atoms with Gasteiger partial charge in [-0.3, -0.25) is 0 Å². The average Bonchev–Trinajstić information content (AvgIpc) is 2.20. The number of unbranched alkanes of at least 4 members (excludes halogenated alkanes) is 5. The fourth-order valence-corrected chi connectivity index (χ4v) is 2.25. The lowest BCUT2D eigenvalue weighted by Crippen LogP contribution is -2.02. The van der Waals surface area contributed by atoms with Crippen molar-refractivity contribution in [1.29, 1.82) is 0 Å². The molecule has 0 saturated heterocycles. The topological polar surface area (TPSA) is 57.2 Å². The minimum absolute atomic E-state index is 0.0945. The molecule has 0 saturated carbocycles. The Morgan fingerprint density at radius 1 is 1.06 bits per heavy atom. The quantitative estimate of drug-likeness (QED) is 0.462. The third-order valence-electron chi connectivity index (χ3n) is 2.53. The summed E-state index contributed by atoms with van der Waals surface area (Å²) in [5, 5.41) is 0. The highest BCUT2D eigenvalue weighted by atomic mass is 32.2. The van der Waals surface area contributed by atoms with Crippen LogP contribution in [0, 0.1) is 0 Å². The van der Waals surface area contributed by atoms with E-state index in [1.165, 1.54) is 0 Å². The molecule has 0 aliphatic heterocycles. The lowest BCUT2D eigenvalue weighted by Gasteiger charge is -2.11. The number of allylic oxidation sites excluding steroid dienone is 2. The van der Waals surface area contributed by atoms with Gasteiger partial charge in [-0.2, -0.15) is 0 Å². The smallest absolute Gasteiger partial charge is 0.120 e. The van der Waals surface area contributed by atoms with Gasteiger partial charge in [0.1, 0.15) is 10.1 Å². The highest BCUT2D eigenvalue weighted by Gasteiger charge is 2.04. The van der Waals surface area contributed by atoms with Crippen molar-refractivity contribution >= 4 is 10.1 Å². The van der Waals surface area contributed by atoms with Gasteiger partial charge in [-0.15, -0.1) is 0 Å². The average molecular weight is 247 g/mol. The van der Waals surface area contributed by atoms with E-state index in [4.69, 9.17) is 0 Å². The Morgan fingerprint density at radius 2 is 1.62 bits per heavy atom. The molecule has 0 N–H and O–H groups in total. The molecular weight excluding hydrogens is 224 g/mol. The zero-order chi connectivity index (χ0) is 12.4. The maximum atomic E-state index is 11.0. The molecule has 0 spiro atoms. The Hall–Kier alpha value is -0.350. The molecule has 0 aromatic heterocycles. The van der Waals surface area contributed by atoms with Crippen LogP contribution in [0.25, 0.3) is 0 Å². The molecule has 96 valence electrons. The lowest BCUT2D eigenvalue weighted by atomic mass is 10.1. The summed E-state index contributed by atoms with van der Waals surface area (Å²) in [6.45, 7) is 4.15. The van der Waals surface area contributed by atoms with Crippen molar-refractivity contribution in [1.82, 2.24) is 0 Å². The first-order valence-electron chi connectivity index (χ1n) is 6.17. The van der Waals surface area contributed by atoms with E-state index in [2.05, 4.69) is 13.8 Å². The van der Waals surface area contributed by atoms with E-state index in [1.807, 2.05) is 0 Å². The van der Waals surface area contributed by atoms with Crippen molar-refractivity contribution in [2.45, 2.75) is 65.2 Å². The highest BCUT2D eigenvalue weighted by molar-refractivity contribution is 7.89. The van der Waals surface area contributed by atoms with Crippen LogP contribution >= 0.6 is 0 Å². The van der Waals surface area contributed by atoms with Crippen molar-refractivity contribution in [3.8, 4) is 0 Å². The Balaban J connectivity index is 4.21. The molecule has 0 aliphatic rings. The number of hydrogen-bond acceptors (Lipinski definition) is 3. The molecule has 0 atom stereocenters. The molecule has 0 aromatic rings. The zero-order valence-electron chi connectivity index (χ0n) is 10.4. The first-order chi connectivity index (χ1) is 7.52. The van der Waals surface area contributed by atoms with Gasteiger partial charge in [-0.1, -0.05) is 45.6 Å². The van der Waals surface area contributed by atoms with Gasteiger partial charge in [0.2, 0.25) is 0 Å².